The summed E-state index contributed by atoms with van der Waals surface area (Å²) in [4.78, 5) is 12.7. The molecular weight excluding hydrogens is 246 g/mol. The van der Waals surface area contributed by atoms with Crippen molar-refractivity contribution >= 4 is 23.4 Å². The van der Waals surface area contributed by atoms with Crippen LogP contribution in [0.3, 0.4) is 0 Å². The molecule has 1 N–H and O–H groups in total. The van der Waals surface area contributed by atoms with Gasteiger partial charge >= 0.3 is 0 Å². The quantitative estimate of drug-likeness (QED) is 0.820. The number of benzene rings is 1. The largest absolute Gasteiger partial charge is 0.497 e. The van der Waals surface area contributed by atoms with Gasteiger partial charge in [0.05, 0.1) is 17.6 Å². The van der Waals surface area contributed by atoms with E-state index < -0.39 is 0 Å². The first-order chi connectivity index (χ1) is 8.78. The molecule has 0 radical (unpaired) electrons. The molecule has 1 aromatic rings. The Morgan fingerprint density at radius 3 is 2.67 bits per heavy atom. The highest BCUT2D eigenvalue weighted by Crippen LogP contribution is 2.29. The molecule has 90 valence electrons. The van der Waals surface area contributed by atoms with Crippen LogP contribution >= 0.6 is 11.9 Å². The summed E-state index contributed by atoms with van der Waals surface area (Å²) in [7, 11) is 1.65. The predicted octanol–water partition coefficient (Wildman–Crippen LogP) is 1.78. The van der Waals surface area contributed by atoms with Gasteiger partial charge in [0.1, 0.15) is 29.6 Å². The average molecular weight is 258 g/mol. The third kappa shape index (κ3) is 1.89. The molecule has 0 saturated carbocycles. The molecule has 0 aromatic heterocycles. The maximum atomic E-state index is 11.7. The van der Waals surface area contributed by atoms with E-state index in [-0.39, 0.29) is 5.78 Å². The number of rotatable bonds is 2. The topological polar surface area (TPSA) is 30.7 Å². The van der Waals surface area contributed by atoms with Gasteiger partial charge in [0.2, 0.25) is 0 Å². The van der Waals surface area contributed by atoms with Gasteiger partial charge in [-0.2, -0.15) is 0 Å². The molecule has 0 amide bonds. The van der Waals surface area contributed by atoms with E-state index in [1.807, 2.05) is 36.5 Å². The van der Waals surface area contributed by atoms with Crippen LogP contribution in [0.4, 0.5) is 5.69 Å². The third-order valence-corrected chi connectivity index (χ3v) is 4.05. The summed E-state index contributed by atoms with van der Waals surface area (Å²) in [6.07, 6.45) is 7.35. The summed E-state index contributed by atoms with van der Waals surface area (Å²) in [5.74, 6) is 0.924. The second kappa shape index (κ2) is 4.48. The molecule has 3 nitrogen and oxygen atoms in total. The minimum Gasteiger partial charge on any atom is -0.497 e. The minimum atomic E-state index is 0.0866. The first kappa shape index (κ1) is 11.3. The molecule has 4 heteroatoms. The number of fused-ring (bicyclic) bond motifs is 1. The first-order valence-electron chi connectivity index (χ1n) is 5.62. The lowest BCUT2D eigenvalue weighted by molar-refractivity contribution is -0.605. The average Bonchev–Trinajstić information content (AvgIpc) is 2.84. The van der Waals surface area contributed by atoms with Crippen molar-refractivity contribution in [1.29, 1.82) is 0 Å². The van der Waals surface area contributed by atoms with Gasteiger partial charge in [-0.25, -0.2) is 4.31 Å². The number of allylic oxidation sites excluding steroid dienone is 4. The predicted molar refractivity (Wildman–Crippen MR) is 71.5 cm³/mol. The summed E-state index contributed by atoms with van der Waals surface area (Å²) >= 11 is 1.64. The Morgan fingerprint density at radius 1 is 1.22 bits per heavy atom. The number of methoxy groups -OCH3 is 1. The number of hydrogen-bond acceptors (Lipinski definition) is 3. The van der Waals surface area contributed by atoms with Gasteiger partial charge < -0.3 is 4.74 Å². The van der Waals surface area contributed by atoms with Crippen molar-refractivity contribution < 1.29 is 13.8 Å². The number of ether oxygens (including phenoxy) is 1. The molecule has 0 saturated heterocycles. The fourth-order valence-corrected chi connectivity index (χ4v) is 3.02. The Kier molecular flexibility index (Phi) is 2.81. The van der Waals surface area contributed by atoms with Crippen LogP contribution < -0.4 is 9.04 Å². The van der Waals surface area contributed by atoms with E-state index >= 15 is 0 Å². The number of hydrogen-bond donors (Lipinski definition) is 1. The number of ketones is 1. The zero-order valence-electron chi connectivity index (χ0n) is 9.84. The molecule has 1 atom stereocenters. The highest BCUT2D eigenvalue weighted by Gasteiger charge is 2.31. The zero-order chi connectivity index (χ0) is 12.5. The lowest BCUT2D eigenvalue weighted by Crippen LogP contribution is -2.93. The molecule has 18 heavy (non-hydrogen) atoms. The molecule has 0 bridgehead atoms. The van der Waals surface area contributed by atoms with Gasteiger partial charge in [0.15, 0.2) is 5.78 Å². The minimum absolute atomic E-state index is 0.0866. The lowest BCUT2D eigenvalue weighted by atomic mass is 10.1. The van der Waals surface area contributed by atoms with Crippen molar-refractivity contribution in [2.45, 2.75) is 0 Å². The van der Waals surface area contributed by atoms with Crippen LogP contribution in [0.2, 0.25) is 0 Å². The van der Waals surface area contributed by atoms with Crippen LogP contribution in [-0.4, -0.2) is 12.9 Å². The molecular formula is C14H12NO2S+. The smallest absolute Gasteiger partial charge is 0.192 e. The summed E-state index contributed by atoms with van der Waals surface area (Å²) < 4.78 is 6.24. The lowest BCUT2D eigenvalue weighted by Gasteiger charge is -2.07. The van der Waals surface area contributed by atoms with Gasteiger partial charge in [-0.15, -0.1) is 0 Å². The van der Waals surface area contributed by atoms with Crippen LogP contribution in [0.5, 0.6) is 5.75 Å². The molecule has 1 heterocycles. The zero-order valence-corrected chi connectivity index (χ0v) is 10.7. The van der Waals surface area contributed by atoms with Crippen molar-refractivity contribution in [2.75, 3.05) is 7.11 Å². The fourth-order valence-electron chi connectivity index (χ4n) is 1.93. The Labute approximate surface area is 110 Å². The van der Waals surface area contributed by atoms with Crippen molar-refractivity contribution in [3.05, 3.63) is 59.2 Å². The van der Waals surface area contributed by atoms with E-state index in [0.717, 1.165) is 26.2 Å². The van der Waals surface area contributed by atoms with Crippen LogP contribution in [0, 0.1) is 0 Å². The van der Waals surface area contributed by atoms with Crippen molar-refractivity contribution in [3.63, 3.8) is 0 Å². The van der Waals surface area contributed by atoms with Crippen LogP contribution in [-0.2, 0) is 4.79 Å². The van der Waals surface area contributed by atoms with Crippen molar-refractivity contribution in [1.82, 2.24) is 0 Å². The third-order valence-electron chi connectivity index (χ3n) is 2.90. The summed E-state index contributed by atoms with van der Waals surface area (Å²) in [5, 5.41) is 0. The van der Waals surface area contributed by atoms with Gasteiger partial charge in [-0.05, 0) is 24.3 Å². The van der Waals surface area contributed by atoms with Gasteiger partial charge in [0.25, 0.3) is 0 Å². The summed E-state index contributed by atoms with van der Waals surface area (Å²) in [6.45, 7) is 0. The molecule has 1 unspecified atom stereocenters. The number of carbonyl (C=O) groups is 1. The van der Waals surface area contributed by atoms with Gasteiger partial charge in [-0.1, -0.05) is 6.08 Å². The first-order valence-corrected chi connectivity index (χ1v) is 6.43. The van der Waals surface area contributed by atoms with E-state index in [1.54, 1.807) is 31.2 Å². The Balaban J connectivity index is 1.89. The monoisotopic (exact) mass is 258 g/mol. The second-order valence-electron chi connectivity index (χ2n) is 4.01. The SMILES string of the molecule is COc1ccc([NH+]2C=C3C(=O)C=CC=C3S2)cc1. The highest BCUT2D eigenvalue weighted by atomic mass is 32.2. The van der Waals surface area contributed by atoms with Crippen LogP contribution in [0.25, 0.3) is 0 Å². The molecule has 0 spiro atoms. The Hall–Kier alpha value is -1.78. The van der Waals surface area contributed by atoms with E-state index in [2.05, 4.69) is 0 Å². The van der Waals surface area contributed by atoms with E-state index in [9.17, 15) is 4.79 Å². The second-order valence-corrected chi connectivity index (χ2v) is 5.09. The van der Waals surface area contributed by atoms with Gasteiger partial charge in [-0.3, -0.25) is 4.79 Å². The molecule has 2 aliphatic rings. The Morgan fingerprint density at radius 2 is 2.00 bits per heavy atom. The maximum Gasteiger partial charge on any atom is 0.192 e. The van der Waals surface area contributed by atoms with Crippen LogP contribution in [0.15, 0.2) is 59.2 Å². The van der Waals surface area contributed by atoms with Crippen molar-refractivity contribution in [2.24, 2.45) is 0 Å². The maximum absolute atomic E-state index is 11.7. The van der Waals surface area contributed by atoms with E-state index in [0.29, 0.717) is 0 Å². The standard InChI is InChI=1S/C14H11NO2S/c1-17-11-7-5-10(6-8-11)15-9-12-13(16)3-2-4-14(12)18-15/h2-9H,1H3/p+1. The number of nitrogens with one attached hydrogen (secondary N) is 1. The van der Waals surface area contributed by atoms with E-state index in [1.165, 1.54) is 0 Å². The van der Waals surface area contributed by atoms with E-state index in [4.69, 9.17) is 4.74 Å². The van der Waals surface area contributed by atoms with Gasteiger partial charge in [0, 0.05) is 12.1 Å². The molecule has 3 rings (SSSR count). The molecule has 0 fully saturated rings. The molecule has 1 aliphatic carbocycles. The number of quaternary nitrogens is 1. The van der Waals surface area contributed by atoms with Crippen molar-refractivity contribution in [3.8, 4) is 5.75 Å². The molecule has 1 aromatic carbocycles. The Bertz CT molecular complexity index is 584. The molecule has 1 aliphatic heterocycles. The summed E-state index contributed by atoms with van der Waals surface area (Å²) in [5.41, 5.74) is 1.91. The van der Waals surface area contributed by atoms with Crippen LogP contribution in [0.1, 0.15) is 0 Å². The number of carbonyl (C=O) groups excluding carboxylic acids is 1. The fraction of sp³-hybridized carbons (Fsp3) is 0.0714. The summed E-state index contributed by atoms with van der Waals surface area (Å²) in [6, 6.07) is 7.87. The highest BCUT2D eigenvalue weighted by molar-refractivity contribution is 7.97. The normalized spacial score (nSPS) is 21.4.